The van der Waals surface area contributed by atoms with Crippen molar-refractivity contribution in [1.82, 2.24) is 42.1 Å². The fourth-order valence-electron chi connectivity index (χ4n) is 10.6. The third-order valence-electron chi connectivity index (χ3n) is 16.6. The Bertz CT molecular complexity index is 3260. The highest BCUT2D eigenvalue weighted by molar-refractivity contribution is 6.32. The maximum absolute atomic E-state index is 14.3. The molecule has 0 spiro atoms. The summed E-state index contributed by atoms with van der Waals surface area (Å²) in [5.41, 5.74) is 6.80. The molecule has 3 aromatic rings. The minimum absolute atomic E-state index is 0.0701. The standard InChI is InChI=1S/C68H91ClN10O15/c1-39(2)57(78-54(81)18-12-11-13-33-79-55(82)30-31-56(79)83)62(86)76-48(16-15-32-71-65(70)89)60(84)74-46-27-22-43(23-28-46)38-92-66(90)72-37-42-20-25-45(26-21-42)59-58(94-59)40(3)51-17-14-19-53(80)75-49(35-44-24-29-52(91-10)47(69)34-44)61(85)73-41(4)68(8,9)64(88)77-50(63(87)93-51)36-67(5,6)7/h14,19-31,34,39-41,48-51,57-59H,11-13,15-18,32-33,35-38H2,1-10H3,(H,72,90)(H,73,85)(H,74,84)(H,75,80)(H,76,86)(H,77,88)(H,78,81)(H3,70,71,89)/b19-14+/t40-,41-,48-,49+,50-,51+,57-,58+,59+/m0/s1. The molecule has 26 heteroatoms. The summed E-state index contributed by atoms with van der Waals surface area (Å²) in [4.78, 5) is 145. The number of primary amides is 1. The molecular formula is C68H91ClN10O15. The first-order chi connectivity index (χ1) is 44.4. The molecule has 0 unspecified atom stereocenters. The fourth-order valence-corrected chi connectivity index (χ4v) is 10.9. The molecule has 510 valence electrons. The number of esters is 1. The van der Waals surface area contributed by atoms with Crippen LogP contribution in [0.2, 0.25) is 5.02 Å². The summed E-state index contributed by atoms with van der Waals surface area (Å²) in [5.74, 6) is -4.82. The maximum atomic E-state index is 14.3. The Hall–Kier alpha value is -8.84. The number of nitrogens with one attached hydrogen (secondary N) is 8. The molecule has 6 rings (SSSR count). The predicted molar refractivity (Wildman–Crippen MR) is 350 cm³/mol. The number of nitrogens with two attached hydrogens (primary N) is 1. The van der Waals surface area contributed by atoms with E-state index < -0.39 is 107 Å². The Morgan fingerprint density at radius 1 is 0.798 bits per heavy atom. The smallest absolute Gasteiger partial charge is 0.407 e. The van der Waals surface area contributed by atoms with Crippen LogP contribution in [0.25, 0.3) is 0 Å². The highest BCUT2D eigenvalue weighted by Crippen LogP contribution is 2.45. The van der Waals surface area contributed by atoms with Crippen molar-refractivity contribution in [3.8, 4) is 5.75 Å². The van der Waals surface area contributed by atoms with Gasteiger partial charge in [0.2, 0.25) is 35.4 Å². The predicted octanol–water partition coefficient (Wildman–Crippen LogP) is 6.40. The number of methoxy groups -OCH3 is 1. The molecule has 94 heavy (non-hydrogen) atoms. The fraction of sp³-hybridized carbons (Fsp3) is 0.515. The first-order valence-electron chi connectivity index (χ1n) is 31.8. The van der Waals surface area contributed by atoms with Crippen molar-refractivity contribution in [1.29, 1.82) is 0 Å². The van der Waals surface area contributed by atoms with Gasteiger partial charge in [0.15, 0.2) is 0 Å². The molecule has 9 atom stereocenters. The summed E-state index contributed by atoms with van der Waals surface area (Å²) in [7, 11) is 1.49. The molecule has 25 nitrogen and oxygen atoms in total. The number of hydrogen-bond donors (Lipinski definition) is 9. The van der Waals surface area contributed by atoms with Crippen molar-refractivity contribution >= 4 is 82.6 Å². The molecule has 3 aliphatic rings. The van der Waals surface area contributed by atoms with E-state index in [0.717, 1.165) is 16.0 Å². The van der Waals surface area contributed by atoms with Gasteiger partial charge in [-0.2, -0.15) is 0 Å². The molecule has 3 aromatic carbocycles. The number of amides is 11. The van der Waals surface area contributed by atoms with E-state index in [9.17, 15) is 52.7 Å². The number of carbonyl (C=O) groups is 11. The van der Waals surface area contributed by atoms with Crippen LogP contribution >= 0.6 is 11.6 Å². The Labute approximate surface area is 553 Å². The van der Waals surface area contributed by atoms with Crippen LogP contribution in [-0.4, -0.2) is 133 Å². The molecule has 3 heterocycles. The Morgan fingerprint density at radius 3 is 2.11 bits per heavy atom. The van der Waals surface area contributed by atoms with Crippen LogP contribution in [0.15, 0.2) is 91.0 Å². The van der Waals surface area contributed by atoms with Crippen molar-refractivity contribution < 1.29 is 71.7 Å². The third-order valence-corrected chi connectivity index (χ3v) is 16.9. The van der Waals surface area contributed by atoms with Gasteiger partial charge in [-0.25, -0.2) is 14.4 Å². The number of unbranched alkanes of at least 4 members (excludes halogenated alkanes) is 2. The lowest BCUT2D eigenvalue weighted by molar-refractivity contribution is -0.157. The second kappa shape index (κ2) is 34.4. The number of anilines is 1. The van der Waals surface area contributed by atoms with Crippen LogP contribution in [0.1, 0.15) is 142 Å². The van der Waals surface area contributed by atoms with E-state index in [2.05, 4.69) is 42.5 Å². The van der Waals surface area contributed by atoms with Crippen molar-refractivity contribution in [2.24, 2.45) is 28.4 Å². The van der Waals surface area contributed by atoms with Gasteiger partial charge in [0, 0.05) is 68.7 Å². The van der Waals surface area contributed by atoms with Gasteiger partial charge in [0.25, 0.3) is 11.8 Å². The molecule has 1 fully saturated rings. The number of epoxide rings is 1. The zero-order chi connectivity index (χ0) is 69.0. The molecule has 0 aromatic heterocycles. The molecule has 11 amide bonds. The van der Waals surface area contributed by atoms with E-state index in [1.54, 1.807) is 83.2 Å². The first-order valence-corrected chi connectivity index (χ1v) is 32.1. The summed E-state index contributed by atoms with van der Waals surface area (Å²) in [6.45, 7) is 16.7. The van der Waals surface area contributed by atoms with Crippen LogP contribution in [0.3, 0.4) is 0 Å². The van der Waals surface area contributed by atoms with Gasteiger partial charge in [0.05, 0.1) is 23.7 Å². The Kier molecular flexibility index (Phi) is 27.1. The SMILES string of the molecule is COc1ccc(C[C@H]2NC(=O)/C=C/C[C@H]([C@H](C)[C@H]3O[C@@H]3c3ccc(CNC(=O)OCc4ccc(NC(=O)[C@H](CCCNC(N)=O)NC(=O)[C@@H](NC(=O)CCCCCN5C(=O)C=CC5=O)C(C)C)cc4)cc3)OC(=O)[C@H](CC(C)(C)C)NC(=O)C(C)(C)[C@H](C)NC2=O)cc1Cl. The monoisotopic (exact) mass is 1320 g/mol. The van der Waals surface area contributed by atoms with Crippen LogP contribution in [0.4, 0.5) is 15.3 Å². The number of alkyl carbamates (subject to hydrolysis) is 1. The van der Waals surface area contributed by atoms with Crippen molar-refractivity contribution in [3.05, 3.63) is 118 Å². The highest BCUT2D eigenvalue weighted by atomic mass is 35.5. The second-order valence-electron chi connectivity index (χ2n) is 26.1. The largest absolute Gasteiger partial charge is 0.495 e. The van der Waals surface area contributed by atoms with Gasteiger partial charge in [-0.1, -0.05) is 108 Å². The lowest BCUT2D eigenvalue weighted by Gasteiger charge is -2.35. The summed E-state index contributed by atoms with van der Waals surface area (Å²) in [5, 5.41) is 22.5. The van der Waals surface area contributed by atoms with E-state index in [-0.39, 0.29) is 94.5 Å². The van der Waals surface area contributed by atoms with E-state index in [0.29, 0.717) is 46.8 Å². The van der Waals surface area contributed by atoms with Gasteiger partial charge in [-0.3, -0.25) is 43.3 Å². The van der Waals surface area contributed by atoms with Crippen molar-refractivity contribution in [2.45, 2.75) is 182 Å². The van der Waals surface area contributed by atoms with E-state index in [1.165, 1.54) is 25.3 Å². The van der Waals surface area contributed by atoms with E-state index >= 15 is 0 Å². The maximum Gasteiger partial charge on any atom is 0.407 e. The number of rotatable bonds is 27. The Morgan fingerprint density at radius 2 is 1.47 bits per heavy atom. The second-order valence-corrected chi connectivity index (χ2v) is 26.5. The zero-order valence-corrected chi connectivity index (χ0v) is 55.9. The summed E-state index contributed by atoms with van der Waals surface area (Å²) in [6.07, 6.45) is 5.45. The molecule has 0 aliphatic carbocycles. The first kappa shape index (κ1) is 74.2. The number of hydrogen-bond acceptors (Lipinski definition) is 15. The highest BCUT2D eigenvalue weighted by Gasteiger charge is 2.48. The summed E-state index contributed by atoms with van der Waals surface area (Å²) < 4.78 is 23.3. The van der Waals surface area contributed by atoms with Gasteiger partial charge in [-0.05, 0) is 117 Å². The van der Waals surface area contributed by atoms with Gasteiger partial charge in [0.1, 0.15) is 48.7 Å². The third kappa shape index (κ3) is 22.7. The van der Waals surface area contributed by atoms with Crippen molar-refractivity contribution in [2.75, 3.05) is 25.5 Å². The summed E-state index contributed by atoms with van der Waals surface area (Å²) >= 11 is 6.43. The number of benzene rings is 3. The molecule has 0 saturated carbocycles. The number of imide groups is 1. The lowest BCUT2D eigenvalue weighted by Crippen LogP contribution is -2.58. The minimum Gasteiger partial charge on any atom is -0.495 e. The van der Waals surface area contributed by atoms with Gasteiger partial charge in [-0.15, -0.1) is 0 Å². The normalized spacial score (nSPS) is 21.3. The van der Waals surface area contributed by atoms with Crippen LogP contribution in [-0.2, 0) is 76.9 Å². The molecular weight excluding hydrogens is 1230 g/mol. The van der Waals surface area contributed by atoms with E-state index in [4.69, 9.17) is 36.3 Å². The quantitative estimate of drug-likeness (QED) is 0.0173. The molecule has 0 bridgehead atoms. The molecule has 1 saturated heterocycles. The number of halogens is 1. The van der Waals surface area contributed by atoms with Crippen LogP contribution in [0, 0.1) is 22.7 Å². The summed E-state index contributed by atoms with van der Waals surface area (Å²) in [6, 6.07) is 13.3. The number of ether oxygens (including phenoxy) is 4. The number of cyclic esters (lactones) is 1. The molecule has 3 aliphatic heterocycles. The number of urea groups is 1. The number of carbonyl (C=O) groups excluding carboxylic acids is 11. The van der Waals surface area contributed by atoms with Crippen LogP contribution < -0.4 is 53.0 Å². The zero-order valence-electron chi connectivity index (χ0n) is 55.2. The number of nitrogens with zero attached hydrogens (tertiary/aromatic N) is 1. The molecule has 10 N–H and O–H groups in total. The minimum atomic E-state index is -1.23. The van der Waals surface area contributed by atoms with Gasteiger partial charge >= 0.3 is 18.1 Å². The Balaban J connectivity index is 1.01. The van der Waals surface area contributed by atoms with Crippen LogP contribution in [0.5, 0.6) is 5.75 Å². The topological polar surface area (TPSA) is 353 Å². The van der Waals surface area contributed by atoms with E-state index in [1.807, 2.05) is 52.0 Å². The average molecular weight is 1320 g/mol. The molecule has 0 radical (unpaired) electrons. The lowest BCUT2D eigenvalue weighted by atomic mass is 9.82. The van der Waals surface area contributed by atoms with Crippen molar-refractivity contribution in [3.63, 3.8) is 0 Å². The average Bonchev–Trinajstić information content (AvgIpc) is 1.62. The van der Waals surface area contributed by atoms with Gasteiger partial charge < -0.3 is 67.2 Å².